The van der Waals surface area contributed by atoms with Crippen LogP contribution in [-0.2, 0) is 23.9 Å². The Labute approximate surface area is 165 Å². The first-order valence-electron chi connectivity index (χ1n) is 8.05. The molecule has 0 aliphatic rings. The highest BCUT2D eigenvalue weighted by Gasteiger charge is 2.08. The molecule has 0 aromatic heterocycles. The van der Waals surface area contributed by atoms with Gasteiger partial charge in [-0.25, -0.2) is 4.79 Å². The van der Waals surface area contributed by atoms with E-state index >= 15 is 0 Å². The lowest BCUT2D eigenvalue weighted by Gasteiger charge is -2.02. The molecule has 0 aliphatic carbocycles. The normalized spacial score (nSPS) is 7.68. The van der Waals surface area contributed by atoms with E-state index in [9.17, 15) is 14.4 Å². The Morgan fingerprint density at radius 1 is 0.857 bits per heavy atom. The van der Waals surface area contributed by atoms with Crippen LogP contribution in [0, 0.1) is 0 Å². The average molecular weight is 398 g/mol. The third kappa shape index (κ3) is 30.5. The smallest absolute Gasteiger partial charge is 0.343 e. The van der Waals surface area contributed by atoms with Gasteiger partial charge in [-0.2, -0.15) is 0 Å². The van der Waals surface area contributed by atoms with Gasteiger partial charge in [0, 0.05) is 19.8 Å². The predicted molar refractivity (Wildman–Crippen MR) is 108 cm³/mol. The van der Waals surface area contributed by atoms with Crippen molar-refractivity contribution in [3.05, 3.63) is 62.0 Å². The van der Waals surface area contributed by atoms with Crippen molar-refractivity contribution in [3.8, 4) is 0 Å². The lowest BCUT2D eigenvalue weighted by molar-refractivity contribution is -0.137. The minimum atomic E-state index is -0.833. The zero-order chi connectivity index (χ0) is 23.1. The number of carbonyl (C=O) groups excluding carboxylic acids is 1. The quantitative estimate of drug-likeness (QED) is 0.242. The lowest BCUT2D eigenvalue weighted by atomic mass is 10.1. The van der Waals surface area contributed by atoms with E-state index in [4.69, 9.17) is 20.1 Å². The summed E-state index contributed by atoms with van der Waals surface area (Å²) in [5, 5.41) is 23.1. The summed E-state index contributed by atoms with van der Waals surface area (Å²) in [6.45, 7) is 18.4. The minimum Gasteiger partial charge on any atom is -0.481 e. The van der Waals surface area contributed by atoms with Crippen molar-refractivity contribution < 1.29 is 39.2 Å². The number of carboxylic acid groups (broad SMARTS) is 3. The highest BCUT2D eigenvalue weighted by Crippen LogP contribution is 2.10. The second kappa shape index (κ2) is 23.6. The van der Waals surface area contributed by atoms with Crippen LogP contribution < -0.4 is 0 Å². The van der Waals surface area contributed by atoms with E-state index in [2.05, 4.69) is 31.1 Å². The van der Waals surface area contributed by atoms with Crippen LogP contribution in [0.5, 0.6) is 0 Å². The molecule has 0 spiro atoms. The van der Waals surface area contributed by atoms with E-state index in [0.717, 1.165) is 19.6 Å². The summed E-state index contributed by atoms with van der Waals surface area (Å²) in [5.74, 6) is -2.80. The molecular weight excluding hydrogens is 368 g/mol. The van der Waals surface area contributed by atoms with E-state index in [1.807, 2.05) is 6.92 Å². The first-order chi connectivity index (χ1) is 13.0. The monoisotopic (exact) mass is 398 g/mol. The maximum Gasteiger partial charge on any atom is 0.343 e. The fourth-order valence-corrected chi connectivity index (χ4v) is 0.975. The fourth-order valence-electron chi connectivity index (χ4n) is 0.975. The third-order valence-corrected chi connectivity index (χ3v) is 2.13. The Balaban J connectivity index is -0.000000159. The largest absolute Gasteiger partial charge is 0.481 e. The van der Waals surface area contributed by atoms with Crippen LogP contribution in [0.2, 0.25) is 0 Å². The van der Waals surface area contributed by atoms with Crippen molar-refractivity contribution in [1.29, 1.82) is 0 Å². The molecule has 0 amide bonds. The number of aliphatic carboxylic acids is 3. The molecule has 28 heavy (non-hydrogen) atoms. The molecule has 0 atom stereocenters. The van der Waals surface area contributed by atoms with Gasteiger partial charge < -0.3 is 20.1 Å². The summed E-state index contributed by atoms with van der Waals surface area (Å²) in [5.41, 5.74) is 0.909. The number of rotatable bonds is 8. The average Bonchev–Trinajstić information content (AvgIpc) is 2.60. The SMILES string of the molecule is C=COC(=O)C(C=C)=C(C=C)C=C.CC(=O)O.CCC(=O)O.CCCC(=O)O. The number of carboxylic acids is 3. The number of allylic oxidation sites excluding steroid dienone is 3. The van der Waals surface area contributed by atoms with Crippen LogP contribution in [0.15, 0.2) is 62.0 Å². The molecular formula is C20H30O8. The Morgan fingerprint density at radius 2 is 1.25 bits per heavy atom. The van der Waals surface area contributed by atoms with Crippen LogP contribution in [0.4, 0.5) is 0 Å². The van der Waals surface area contributed by atoms with Crippen LogP contribution in [-0.4, -0.2) is 39.2 Å². The molecule has 0 aromatic carbocycles. The fraction of sp³-hybridized carbons (Fsp3) is 0.300. The van der Waals surface area contributed by atoms with Gasteiger partial charge in [0.2, 0.25) is 0 Å². The lowest BCUT2D eigenvalue weighted by Crippen LogP contribution is -2.03. The van der Waals surface area contributed by atoms with Gasteiger partial charge in [0.1, 0.15) is 0 Å². The molecule has 8 heteroatoms. The topological polar surface area (TPSA) is 138 Å². The molecule has 0 radical (unpaired) electrons. The summed E-state index contributed by atoms with van der Waals surface area (Å²) in [6.07, 6.45) is 6.72. The minimum absolute atomic E-state index is 0.222. The molecule has 0 saturated carbocycles. The van der Waals surface area contributed by atoms with Gasteiger partial charge in [-0.1, -0.05) is 58.4 Å². The maximum absolute atomic E-state index is 11.2. The molecule has 3 N–H and O–H groups in total. The van der Waals surface area contributed by atoms with Crippen molar-refractivity contribution in [2.75, 3.05) is 0 Å². The van der Waals surface area contributed by atoms with Gasteiger partial charge in [-0.05, 0) is 12.0 Å². The van der Waals surface area contributed by atoms with Crippen LogP contribution in [0.25, 0.3) is 0 Å². The zero-order valence-corrected chi connectivity index (χ0v) is 16.6. The van der Waals surface area contributed by atoms with Crippen molar-refractivity contribution in [1.82, 2.24) is 0 Å². The summed E-state index contributed by atoms with van der Waals surface area (Å²) in [4.78, 5) is 39.2. The summed E-state index contributed by atoms with van der Waals surface area (Å²) in [6, 6.07) is 0. The first-order valence-corrected chi connectivity index (χ1v) is 8.05. The number of hydrogen-bond acceptors (Lipinski definition) is 5. The molecule has 0 heterocycles. The van der Waals surface area contributed by atoms with Crippen molar-refractivity contribution in [2.45, 2.75) is 40.0 Å². The van der Waals surface area contributed by atoms with Crippen LogP contribution in [0.3, 0.4) is 0 Å². The van der Waals surface area contributed by atoms with Gasteiger partial charge in [0.05, 0.1) is 11.8 Å². The maximum atomic E-state index is 11.2. The summed E-state index contributed by atoms with van der Waals surface area (Å²) >= 11 is 0. The zero-order valence-electron chi connectivity index (χ0n) is 16.6. The molecule has 158 valence electrons. The predicted octanol–water partition coefficient (Wildman–Crippen LogP) is 3.97. The highest BCUT2D eigenvalue weighted by molar-refractivity contribution is 5.93. The summed E-state index contributed by atoms with van der Waals surface area (Å²) < 4.78 is 4.58. The Hall–Kier alpha value is -3.42. The van der Waals surface area contributed by atoms with Gasteiger partial charge in [-0.15, -0.1) is 0 Å². The third-order valence-electron chi connectivity index (χ3n) is 2.13. The van der Waals surface area contributed by atoms with Gasteiger partial charge >= 0.3 is 17.9 Å². The van der Waals surface area contributed by atoms with E-state index in [1.54, 1.807) is 6.92 Å². The van der Waals surface area contributed by atoms with Crippen molar-refractivity contribution in [3.63, 3.8) is 0 Å². The Kier molecular flexibility index (Phi) is 27.2. The molecule has 0 unspecified atom stereocenters. The van der Waals surface area contributed by atoms with Crippen LogP contribution >= 0.6 is 0 Å². The number of hydrogen-bond donors (Lipinski definition) is 3. The van der Waals surface area contributed by atoms with E-state index in [1.165, 1.54) is 18.2 Å². The molecule has 0 rings (SSSR count). The van der Waals surface area contributed by atoms with Crippen molar-refractivity contribution in [2.24, 2.45) is 0 Å². The molecule has 0 fully saturated rings. The first kappa shape index (κ1) is 32.3. The van der Waals surface area contributed by atoms with Gasteiger partial charge in [-0.3, -0.25) is 14.4 Å². The number of ether oxygens (including phenoxy) is 1. The van der Waals surface area contributed by atoms with Crippen molar-refractivity contribution >= 4 is 23.9 Å². The van der Waals surface area contributed by atoms with E-state index in [-0.39, 0.29) is 6.42 Å². The molecule has 0 saturated heterocycles. The summed E-state index contributed by atoms with van der Waals surface area (Å²) in [7, 11) is 0. The van der Waals surface area contributed by atoms with E-state index < -0.39 is 23.9 Å². The molecule has 0 bridgehead atoms. The highest BCUT2D eigenvalue weighted by atomic mass is 16.5. The number of carbonyl (C=O) groups is 4. The van der Waals surface area contributed by atoms with Crippen LogP contribution in [0.1, 0.15) is 40.0 Å². The van der Waals surface area contributed by atoms with E-state index in [0.29, 0.717) is 17.6 Å². The Bertz CT molecular complexity index is 557. The second-order valence-corrected chi connectivity index (χ2v) is 4.46. The second-order valence-electron chi connectivity index (χ2n) is 4.46. The molecule has 0 aromatic rings. The Morgan fingerprint density at radius 3 is 1.39 bits per heavy atom. The molecule has 8 nitrogen and oxygen atoms in total. The van der Waals surface area contributed by atoms with Gasteiger partial charge in [0.25, 0.3) is 5.97 Å². The van der Waals surface area contributed by atoms with Gasteiger partial charge in [0.15, 0.2) is 0 Å². The standard InChI is InChI=1S/C11H12O2.C4H8O2.C3H6O2.C2H4O2/c1-5-9(6-2)10(7-3)11(12)13-8-4;1-2-3-4(5)6;1-2-3(4)5;1-2(3)4/h5-8H,1-4H2;2-3H2,1H3,(H,5,6);2H2,1H3,(H,4,5);1H3,(H,3,4). The number of esters is 1. The molecule has 0 aliphatic heterocycles.